The Hall–Kier alpha value is -3.80. The molecule has 3 aromatic rings. The summed E-state index contributed by atoms with van der Waals surface area (Å²) in [6, 6.07) is 20.0. The SMILES string of the molecule is CCOc1ccc(NC(=O)c2ccccc2NC(=O)COc2cc(C)ccc2C(C)C)cc1. The number of carbonyl (C=O) groups excluding carboxylic acids is 2. The Morgan fingerprint density at radius 3 is 2.33 bits per heavy atom. The maximum absolute atomic E-state index is 12.8. The van der Waals surface area contributed by atoms with Gasteiger partial charge in [0.1, 0.15) is 11.5 Å². The van der Waals surface area contributed by atoms with Gasteiger partial charge in [-0.25, -0.2) is 0 Å². The molecule has 0 spiro atoms. The lowest BCUT2D eigenvalue weighted by Crippen LogP contribution is -2.23. The predicted octanol–water partition coefficient (Wildman–Crippen LogP) is 5.79. The zero-order chi connectivity index (χ0) is 23.8. The number of anilines is 2. The maximum atomic E-state index is 12.8. The summed E-state index contributed by atoms with van der Waals surface area (Å²) in [6.45, 7) is 8.48. The predicted molar refractivity (Wildman–Crippen MR) is 131 cm³/mol. The highest BCUT2D eigenvalue weighted by Crippen LogP contribution is 2.27. The quantitative estimate of drug-likeness (QED) is 0.436. The van der Waals surface area contributed by atoms with E-state index in [0.29, 0.717) is 29.3 Å². The lowest BCUT2D eigenvalue weighted by Gasteiger charge is -2.15. The molecule has 2 amide bonds. The molecule has 172 valence electrons. The highest BCUT2D eigenvalue weighted by molar-refractivity contribution is 6.10. The molecule has 0 aliphatic heterocycles. The van der Waals surface area contributed by atoms with Crippen molar-refractivity contribution in [3.8, 4) is 11.5 Å². The van der Waals surface area contributed by atoms with Crippen LogP contribution in [0.15, 0.2) is 66.7 Å². The Bertz CT molecular complexity index is 1110. The normalized spacial score (nSPS) is 10.6. The number of nitrogens with one attached hydrogen (secondary N) is 2. The van der Waals surface area contributed by atoms with Crippen molar-refractivity contribution in [1.82, 2.24) is 0 Å². The Labute approximate surface area is 194 Å². The fourth-order valence-electron chi connectivity index (χ4n) is 3.36. The minimum Gasteiger partial charge on any atom is -0.494 e. The van der Waals surface area contributed by atoms with Gasteiger partial charge in [0, 0.05) is 5.69 Å². The van der Waals surface area contributed by atoms with Gasteiger partial charge in [0.05, 0.1) is 17.9 Å². The number of benzene rings is 3. The van der Waals surface area contributed by atoms with Gasteiger partial charge in [0.25, 0.3) is 11.8 Å². The van der Waals surface area contributed by atoms with Crippen LogP contribution in [-0.2, 0) is 4.79 Å². The van der Waals surface area contributed by atoms with Crippen molar-refractivity contribution in [3.63, 3.8) is 0 Å². The number of hydrogen-bond donors (Lipinski definition) is 2. The van der Waals surface area contributed by atoms with E-state index >= 15 is 0 Å². The van der Waals surface area contributed by atoms with Crippen LogP contribution in [0.4, 0.5) is 11.4 Å². The van der Waals surface area contributed by atoms with Crippen LogP contribution >= 0.6 is 0 Å². The lowest BCUT2D eigenvalue weighted by molar-refractivity contribution is -0.118. The van der Waals surface area contributed by atoms with Gasteiger partial charge in [-0.05, 0) is 73.4 Å². The fraction of sp³-hybridized carbons (Fsp3) is 0.259. The van der Waals surface area contributed by atoms with Crippen LogP contribution in [0.3, 0.4) is 0 Å². The first-order valence-corrected chi connectivity index (χ1v) is 11.0. The minimum absolute atomic E-state index is 0.155. The van der Waals surface area contributed by atoms with E-state index in [1.54, 1.807) is 48.5 Å². The van der Waals surface area contributed by atoms with E-state index in [2.05, 4.69) is 24.5 Å². The van der Waals surface area contributed by atoms with E-state index in [1.165, 1.54) is 0 Å². The van der Waals surface area contributed by atoms with Crippen LogP contribution in [0.1, 0.15) is 48.2 Å². The average Bonchev–Trinajstić information content (AvgIpc) is 2.79. The monoisotopic (exact) mass is 446 g/mol. The van der Waals surface area contributed by atoms with Crippen molar-refractivity contribution < 1.29 is 19.1 Å². The number of hydrogen-bond acceptors (Lipinski definition) is 4. The number of amides is 2. The average molecular weight is 447 g/mol. The molecule has 2 N–H and O–H groups in total. The Morgan fingerprint density at radius 2 is 1.64 bits per heavy atom. The molecule has 0 heterocycles. The molecule has 0 radical (unpaired) electrons. The Morgan fingerprint density at radius 1 is 0.909 bits per heavy atom. The molecule has 6 nitrogen and oxygen atoms in total. The van der Waals surface area contributed by atoms with E-state index < -0.39 is 0 Å². The van der Waals surface area contributed by atoms with Gasteiger partial charge in [0.2, 0.25) is 0 Å². The highest BCUT2D eigenvalue weighted by Gasteiger charge is 2.15. The van der Waals surface area contributed by atoms with Crippen molar-refractivity contribution in [2.45, 2.75) is 33.6 Å². The number of carbonyl (C=O) groups is 2. The molecular formula is C27H30N2O4. The van der Waals surface area contributed by atoms with Gasteiger partial charge in [-0.2, -0.15) is 0 Å². The molecule has 33 heavy (non-hydrogen) atoms. The molecule has 3 rings (SSSR count). The summed E-state index contributed by atoms with van der Waals surface area (Å²) < 4.78 is 11.2. The topological polar surface area (TPSA) is 76.7 Å². The summed E-state index contributed by atoms with van der Waals surface area (Å²) in [4.78, 5) is 25.4. The van der Waals surface area contributed by atoms with Gasteiger partial charge >= 0.3 is 0 Å². The molecule has 0 fully saturated rings. The second-order valence-corrected chi connectivity index (χ2v) is 7.99. The van der Waals surface area contributed by atoms with Gasteiger partial charge < -0.3 is 20.1 Å². The van der Waals surface area contributed by atoms with Gasteiger partial charge in [0.15, 0.2) is 6.61 Å². The van der Waals surface area contributed by atoms with E-state index in [4.69, 9.17) is 9.47 Å². The molecule has 0 atom stereocenters. The minimum atomic E-state index is -0.340. The molecule has 0 unspecified atom stereocenters. The van der Waals surface area contributed by atoms with Gasteiger partial charge in [-0.15, -0.1) is 0 Å². The van der Waals surface area contributed by atoms with Crippen LogP contribution in [0.5, 0.6) is 11.5 Å². The third-order valence-electron chi connectivity index (χ3n) is 5.02. The summed E-state index contributed by atoms with van der Waals surface area (Å²) in [5.74, 6) is 1.04. The maximum Gasteiger partial charge on any atom is 0.262 e. The second kappa shape index (κ2) is 11.2. The smallest absolute Gasteiger partial charge is 0.262 e. The summed E-state index contributed by atoms with van der Waals surface area (Å²) in [6.07, 6.45) is 0. The summed E-state index contributed by atoms with van der Waals surface area (Å²) in [5, 5.41) is 5.64. The fourth-order valence-corrected chi connectivity index (χ4v) is 3.36. The number of rotatable bonds is 9. The first-order chi connectivity index (χ1) is 15.9. The standard InChI is InChI=1S/C27H30N2O4/c1-5-32-21-13-11-20(12-14-21)28-27(31)23-8-6-7-9-24(23)29-26(30)17-33-25-16-19(4)10-15-22(25)18(2)3/h6-16,18H,5,17H2,1-4H3,(H,28,31)(H,29,30). The highest BCUT2D eigenvalue weighted by atomic mass is 16.5. The first kappa shape index (κ1) is 23.9. The van der Waals surface area contributed by atoms with Crippen molar-refractivity contribution in [1.29, 1.82) is 0 Å². The van der Waals surface area contributed by atoms with Crippen molar-refractivity contribution in [2.24, 2.45) is 0 Å². The third-order valence-corrected chi connectivity index (χ3v) is 5.02. The zero-order valence-corrected chi connectivity index (χ0v) is 19.5. The Balaban J connectivity index is 1.66. The molecule has 3 aromatic carbocycles. The molecule has 0 aromatic heterocycles. The van der Waals surface area contributed by atoms with E-state index in [9.17, 15) is 9.59 Å². The van der Waals surface area contributed by atoms with Crippen molar-refractivity contribution in [3.05, 3.63) is 83.4 Å². The van der Waals surface area contributed by atoms with E-state index in [1.807, 2.05) is 32.0 Å². The Kier molecular flexibility index (Phi) is 8.08. The van der Waals surface area contributed by atoms with Gasteiger partial charge in [-0.1, -0.05) is 38.1 Å². The molecule has 6 heteroatoms. The molecule has 0 aliphatic carbocycles. The molecule has 0 saturated carbocycles. The number of para-hydroxylation sites is 1. The van der Waals surface area contributed by atoms with Crippen molar-refractivity contribution >= 4 is 23.2 Å². The summed E-state index contributed by atoms with van der Waals surface area (Å²) >= 11 is 0. The van der Waals surface area contributed by atoms with Crippen LogP contribution in [0.25, 0.3) is 0 Å². The lowest BCUT2D eigenvalue weighted by atomic mass is 10.0. The first-order valence-electron chi connectivity index (χ1n) is 11.0. The molecule has 0 aliphatic rings. The van der Waals surface area contributed by atoms with Crippen LogP contribution in [0, 0.1) is 6.92 Å². The summed E-state index contributed by atoms with van der Waals surface area (Å²) in [5.41, 5.74) is 3.52. The van der Waals surface area contributed by atoms with E-state index in [-0.39, 0.29) is 24.3 Å². The van der Waals surface area contributed by atoms with E-state index in [0.717, 1.165) is 16.9 Å². The number of ether oxygens (including phenoxy) is 2. The number of aryl methyl sites for hydroxylation is 1. The zero-order valence-electron chi connectivity index (χ0n) is 19.5. The summed E-state index contributed by atoms with van der Waals surface area (Å²) in [7, 11) is 0. The van der Waals surface area contributed by atoms with Crippen LogP contribution < -0.4 is 20.1 Å². The van der Waals surface area contributed by atoms with Crippen LogP contribution in [-0.4, -0.2) is 25.0 Å². The molecule has 0 saturated heterocycles. The second-order valence-electron chi connectivity index (χ2n) is 7.99. The van der Waals surface area contributed by atoms with Gasteiger partial charge in [-0.3, -0.25) is 9.59 Å². The van der Waals surface area contributed by atoms with Crippen LogP contribution in [0.2, 0.25) is 0 Å². The third kappa shape index (κ3) is 6.59. The largest absolute Gasteiger partial charge is 0.494 e. The molecular weight excluding hydrogens is 416 g/mol. The van der Waals surface area contributed by atoms with Crippen molar-refractivity contribution in [2.75, 3.05) is 23.8 Å². The molecule has 0 bridgehead atoms.